The second-order valence-corrected chi connectivity index (χ2v) is 12.5. The van der Waals surface area contributed by atoms with E-state index in [-0.39, 0.29) is 5.95 Å². The fraction of sp³-hybridized carbons (Fsp3) is 0.444. The van der Waals surface area contributed by atoms with Gasteiger partial charge in [-0.15, -0.1) is 4.90 Å². The number of nitrogens with zero attached hydrogens (tertiary/aromatic N) is 4. The van der Waals surface area contributed by atoms with Crippen LogP contribution >= 0.6 is 15.9 Å². The zero-order valence-electron chi connectivity index (χ0n) is 23.1. The van der Waals surface area contributed by atoms with Gasteiger partial charge >= 0.3 is 18.3 Å². The van der Waals surface area contributed by atoms with Gasteiger partial charge in [-0.2, -0.15) is 0 Å². The number of carbonyl (C=O) groups is 3. The van der Waals surface area contributed by atoms with Crippen molar-refractivity contribution < 1.29 is 28.6 Å². The Morgan fingerprint density at radius 1 is 0.868 bits per heavy atom. The molecule has 0 aliphatic rings. The van der Waals surface area contributed by atoms with Gasteiger partial charge < -0.3 is 14.2 Å². The summed E-state index contributed by atoms with van der Waals surface area (Å²) in [5, 5.41) is 0. The van der Waals surface area contributed by atoms with Crippen LogP contribution in [0.3, 0.4) is 0 Å². The molecule has 11 heteroatoms. The molecule has 0 radical (unpaired) electrons. The number of carbonyl (C=O) groups excluding carboxylic acids is 3. The molecule has 0 saturated carbocycles. The maximum atomic E-state index is 13.1. The summed E-state index contributed by atoms with van der Waals surface area (Å²) in [5.74, 6) is -0.265. The number of amides is 2. The van der Waals surface area contributed by atoms with Gasteiger partial charge in [-0.3, -0.25) is 0 Å². The maximum Gasteiger partial charge on any atom is 0.427 e. The Bertz CT molecular complexity index is 1350. The van der Waals surface area contributed by atoms with Crippen LogP contribution in [0.1, 0.15) is 62.3 Å². The SMILES string of the molecule is CC(C)(C)OC(=O)N(C(=O)OC(C)(C)C)c1ncc2c(n1)c(-c1cccc(Br)c1)cn2C(=O)OC(C)(C)C. The third-order valence-corrected chi connectivity index (χ3v) is 5.10. The van der Waals surface area contributed by atoms with Crippen molar-refractivity contribution in [2.75, 3.05) is 4.90 Å². The first-order valence-electron chi connectivity index (χ1n) is 12.0. The Hall–Kier alpha value is -3.47. The van der Waals surface area contributed by atoms with Crippen molar-refractivity contribution in [2.24, 2.45) is 0 Å². The number of imide groups is 1. The Morgan fingerprint density at radius 2 is 1.42 bits per heavy atom. The molecule has 0 bridgehead atoms. The highest BCUT2D eigenvalue weighted by atomic mass is 79.9. The van der Waals surface area contributed by atoms with Crippen LogP contribution in [0.15, 0.2) is 41.1 Å². The smallest absolute Gasteiger partial charge is 0.427 e. The Kier molecular flexibility index (Phi) is 7.93. The molecule has 38 heavy (non-hydrogen) atoms. The lowest BCUT2D eigenvalue weighted by atomic mass is 10.1. The highest BCUT2D eigenvalue weighted by Gasteiger charge is 2.35. The van der Waals surface area contributed by atoms with E-state index in [1.807, 2.05) is 24.3 Å². The van der Waals surface area contributed by atoms with Crippen LogP contribution in [0.25, 0.3) is 22.2 Å². The van der Waals surface area contributed by atoms with E-state index < -0.39 is 35.1 Å². The van der Waals surface area contributed by atoms with Gasteiger partial charge in [0.2, 0.25) is 5.95 Å². The molecule has 0 fully saturated rings. The molecule has 0 saturated heterocycles. The van der Waals surface area contributed by atoms with E-state index in [1.165, 1.54) is 10.8 Å². The van der Waals surface area contributed by atoms with Crippen molar-refractivity contribution in [3.63, 3.8) is 0 Å². The molecule has 204 valence electrons. The van der Waals surface area contributed by atoms with E-state index in [1.54, 1.807) is 68.5 Å². The summed E-state index contributed by atoms with van der Waals surface area (Å²) in [5.41, 5.74) is -0.607. The summed E-state index contributed by atoms with van der Waals surface area (Å²) < 4.78 is 18.6. The quantitative estimate of drug-likeness (QED) is 0.286. The van der Waals surface area contributed by atoms with Gasteiger partial charge in [-0.1, -0.05) is 28.1 Å². The van der Waals surface area contributed by atoms with Crippen LogP contribution in [-0.2, 0) is 14.2 Å². The second kappa shape index (κ2) is 10.4. The molecule has 0 spiro atoms. The molecule has 0 unspecified atom stereocenters. The number of aromatic nitrogens is 3. The van der Waals surface area contributed by atoms with Crippen LogP contribution in [0.5, 0.6) is 0 Å². The van der Waals surface area contributed by atoms with E-state index in [0.717, 1.165) is 10.0 Å². The molecular formula is C27H33BrN4O6. The molecular weight excluding hydrogens is 556 g/mol. The third kappa shape index (κ3) is 7.31. The molecule has 2 amide bonds. The molecule has 0 atom stereocenters. The lowest BCUT2D eigenvalue weighted by Gasteiger charge is -2.27. The zero-order chi connectivity index (χ0) is 28.6. The first-order valence-corrected chi connectivity index (χ1v) is 12.8. The van der Waals surface area contributed by atoms with E-state index >= 15 is 0 Å². The Morgan fingerprint density at radius 3 is 1.92 bits per heavy atom. The topological polar surface area (TPSA) is 113 Å². The number of fused-ring (bicyclic) bond motifs is 1. The van der Waals surface area contributed by atoms with Gasteiger partial charge in [0.1, 0.15) is 22.3 Å². The van der Waals surface area contributed by atoms with Crippen LogP contribution in [0.2, 0.25) is 0 Å². The number of anilines is 1. The summed E-state index contributed by atoms with van der Waals surface area (Å²) >= 11 is 3.47. The first kappa shape index (κ1) is 29.1. The van der Waals surface area contributed by atoms with Gasteiger partial charge in [0.15, 0.2) is 0 Å². The van der Waals surface area contributed by atoms with Gasteiger partial charge in [0, 0.05) is 16.2 Å². The molecule has 3 aromatic rings. The van der Waals surface area contributed by atoms with Crippen molar-refractivity contribution in [1.29, 1.82) is 0 Å². The molecule has 0 aliphatic heterocycles. The van der Waals surface area contributed by atoms with Gasteiger partial charge in [-0.05, 0) is 80.0 Å². The molecule has 2 aromatic heterocycles. The minimum absolute atomic E-state index is 0.265. The molecule has 10 nitrogen and oxygen atoms in total. The predicted octanol–water partition coefficient (Wildman–Crippen LogP) is 7.32. The summed E-state index contributed by atoms with van der Waals surface area (Å²) in [6.45, 7) is 15.3. The molecule has 2 heterocycles. The molecule has 1 aromatic carbocycles. The van der Waals surface area contributed by atoms with Crippen LogP contribution in [0, 0.1) is 0 Å². The minimum atomic E-state index is -0.998. The summed E-state index contributed by atoms with van der Waals surface area (Å²) in [4.78, 5) is 48.8. The van der Waals surface area contributed by atoms with Crippen molar-refractivity contribution >= 4 is 51.2 Å². The Labute approximate surface area is 230 Å². The van der Waals surface area contributed by atoms with Crippen LogP contribution < -0.4 is 4.90 Å². The lowest BCUT2D eigenvalue weighted by Crippen LogP contribution is -2.44. The average molecular weight is 589 g/mol. The van der Waals surface area contributed by atoms with Gasteiger partial charge in [0.05, 0.1) is 11.7 Å². The van der Waals surface area contributed by atoms with Gasteiger partial charge in [-0.25, -0.2) is 28.9 Å². The van der Waals surface area contributed by atoms with E-state index in [9.17, 15) is 14.4 Å². The van der Waals surface area contributed by atoms with E-state index in [4.69, 9.17) is 14.2 Å². The third-order valence-electron chi connectivity index (χ3n) is 4.61. The largest absolute Gasteiger partial charge is 0.443 e. The summed E-state index contributed by atoms with van der Waals surface area (Å²) in [6.07, 6.45) is 0.314. The number of rotatable bonds is 2. The maximum absolute atomic E-state index is 13.1. The second-order valence-electron chi connectivity index (χ2n) is 11.6. The number of hydrogen-bond acceptors (Lipinski definition) is 8. The number of ether oxygens (including phenoxy) is 3. The monoisotopic (exact) mass is 588 g/mol. The fourth-order valence-electron chi connectivity index (χ4n) is 3.29. The van der Waals surface area contributed by atoms with E-state index in [0.29, 0.717) is 21.5 Å². The number of benzene rings is 1. The fourth-order valence-corrected chi connectivity index (χ4v) is 3.69. The lowest BCUT2D eigenvalue weighted by molar-refractivity contribution is 0.0425. The van der Waals surface area contributed by atoms with E-state index in [2.05, 4.69) is 25.9 Å². The van der Waals surface area contributed by atoms with Crippen LogP contribution in [0.4, 0.5) is 20.3 Å². The standard InChI is InChI=1S/C27H33BrN4O6/c1-25(2,3)36-22(33)31-15-18(16-11-10-12-17(28)13-16)20-19(31)14-29-21(30-20)32(23(34)37-26(4,5)6)24(35)38-27(7,8)9/h10-15H,1-9H3. The Balaban J connectivity index is 2.24. The number of halogens is 1. The van der Waals surface area contributed by atoms with Crippen molar-refractivity contribution in [2.45, 2.75) is 79.1 Å². The van der Waals surface area contributed by atoms with Crippen molar-refractivity contribution in [3.8, 4) is 11.1 Å². The van der Waals surface area contributed by atoms with Gasteiger partial charge in [0.25, 0.3) is 0 Å². The predicted molar refractivity (Wildman–Crippen MR) is 147 cm³/mol. The number of hydrogen-bond donors (Lipinski definition) is 0. The molecule has 0 aliphatic carbocycles. The summed E-state index contributed by atoms with van der Waals surface area (Å²) in [6, 6.07) is 7.41. The zero-order valence-corrected chi connectivity index (χ0v) is 24.7. The highest BCUT2D eigenvalue weighted by molar-refractivity contribution is 9.10. The summed E-state index contributed by atoms with van der Waals surface area (Å²) in [7, 11) is 0. The highest BCUT2D eigenvalue weighted by Crippen LogP contribution is 2.33. The molecule has 0 N–H and O–H groups in total. The average Bonchev–Trinajstić information content (AvgIpc) is 3.09. The van der Waals surface area contributed by atoms with Crippen molar-refractivity contribution in [1.82, 2.24) is 14.5 Å². The van der Waals surface area contributed by atoms with Crippen molar-refractivity contribution in [3.05, 3.63) is 41.1 Å². The first-order chi connectivity index (χ1) is 17.3. The normalized spacial score (nSPS) is 12.3. The minimum Gasteiger partial charge on any atom is -0.443 e. The molecule has 3 rings (SSSR count). The van der Waals surface area contributed by atoms with Crippen LogP contribution in [-0.4, -0.2) is 49.6 Å².